The van der Waals surface area contributed by atoms with E-state index in [9.17, 15) is 32.7 Å². The summed E-state index contributed by atoms with van der Waals surface area (Å²) in [6, 6.07) is 22.7. The normalized spacial score (nSPS) is 14.1. The number of fused-ring (bicyclic) bond motifs is 3. The number of hydrogen-bond donors (Lipinski definition) is 3. The molecule has 2 unspecified atom stereocenters. The van der Waals surface area contributed by atoms with Crippen molar-refractivity contribution in [1.82, 2.24) is 15.5 Å². The highest BCUT2D eigenvalue weighted by molar-refractivity contribution is 5.86. The van der Waals surface area contributed by atoms with E-state index in [0.29, 0.717) is 6.54 Å². The molecule has 2 amide bonds. The Morgan fingerprint density at radius 1 is 0.927 bits per heavy atom. The third-order valence-electron chi connectivity index (χ3n) is 6.91. The maximum Gasteiger partial charge on any atom is 0.407 e. The topological polar surface area (TPSA) is 108 Å². The van der Waals surface area contributed by atoms with Gasteiger partial charge in [0, 0.05) is 25.6 Å². The second kappa shape index (κ2) is 12.9. The zero-order valence-electron chi connectivity index (χ0n) is 22.2. The van der Waals surface area contributed by atoms with E-state index in [-0.39, 0.29) is 19.1 Å². The Labute approximate surface area is 235 Å². The Morgan fingerprint density at radius 2 is 1.49 bits per heavy atom. The maximum atomic E-state index is 13.8. The number of likely N-dealkylation sites (N-methyl/N-ethyl adjacent to an activating group) is 1. The van der Waals surface area contributed by atoms with Crippen molar-refractivity contribution in [2.24, 2.45) is 5.92 Å². The van der Waals surface area contributed by atoms with Gasteiger partial charge in [-0.2, -0.15) is 13.2 Å². The van der Waals surface area contributed by atoms with Gasteiger partial charge in [0.25, 0.3) is 0 Å². The van der Waals surface area contributed by atoms with E-state index < -0.39 is 42.7 Å². The van der Waals surface area contributed by atoms with E-state index in [4.69, 9.17) is 4.74 Å². The highest BCUT2D eigenvalue weighted by Crippen LogP contribution is 2.44. The molecule has 1 aliphatic carbocycles. The van der Waals surface area contributed by atoms with Gasteiger partial charge < -0.3 is 20.5 Å². The number of alkyl carbamates (subject to hydrolysis) is 1. The maximum absolute atomic E-state index is 13.8. The van der Waals surface area contributed by atoms with E-state index in [2.05, 4.69) is 0 Å². The van der Waals surface area contributed by atoms with Gasteiger partial charge in [0.1, 0.15) is 12.6 Å². The molecular weight excluding hydrogens is 539 g/mol. The minimum absolute atomic E-state index is 0.114. The van der Waals surface area contributed by atoms with Crippen LogP contribution in [0.4, 0.5) is 18.0 Å². The molecule has 3 aromatic rings. The van der Waals surface area contributed by atoms with Crippen molar-refractivity contribution >= 4 is 18.0 Å². The highest BCUT2D eigenvalue weighted by atomic mass is 19.4. The molecule has 3 N–H and O–H groups in total. The van der Waals surface area contributed by atoms with Crippen molar-refractivity contribution in [3.05, 3.63) is 95.6 Å². The molecule has 8 nitrogen and oxygen atoms in total. The second-order valence-corrected chi connectivity index (χ2v) is 9.88. The zero-order valence-corrected chi connectivity index (χ0v) is 22.2. The first-order chi connectivity index (χ1) is 19.5. The summed E-state index contributed by atoms with van der Waals surface area (Å²) in [5.74, 6) is -6.01. The molecule has 2 atom stereocenters. The quantitative estimate of drug-likeness (QED) is 0.316. The van der Waals surface area contributed by atoms with E-state index in [1.807, 2.05) is 77.4 Å². The number of carboxylic acids is 1. The number of amides is 2. The molecule has 0 fully saturated rings. The zero-order chi connectivity index (χ0) is 29.6. The van der Waals surface area contributed by atoms with E-state index in [1.54, 1.807) is 24.1 Å². The molecule has 0 heterocycles. The summed E-state index contributed by atoms with van der Waals surface area (Å²) in [5, 5.41) is 13.5. The molecule has 0 spiro atoms. The number of halogens is 3. The molecule has 0 aliphatic heterocycles. The molecule has 41 heavy (non-hydrogen) atoms. The summed E-state index contributed by atoms with van der Waals surface area (Å²) in [4.78, 5) is 38.3. The van der Waals surface area contributed by atoms with Crippen molar-refractivity contribution in [2.75, 3.05) is 26.7 Å². The Hall–Kier alpha value is -4.38. The lowest BCUT2D eigenvalue weighted by atomic mass is 9.98. The minimum Gasteiger partial charge on any atom is -0.480 e. The first kappa shape index (κ1) is 29.6. The van der Waals surface area contributed by atoms with Gasteiger partial charge in [-0.15, -0.1) is 0 Å². The Bertz CT molecular complexity index is 1340. The van der Waals surface area contributed by atoms with Crippen LogP contribution in [0.15, 0.2) is 78.9 Å². The van der Waals surface area contributed by atoms with E-state index >= 15 is 0 Å². The molecule has 3 aromatic carbocycles. The van der Waals surface area contributed by atoms with Crippen molar-refractivity contribution in [3.8, 4) is 11.1 Å². The molecule has 0 radical (unpaired) electrons. The molecule has 216 valence electrons. The first-order valence-corrected chi connectivity index (χ1v) is 13.0. The molecule has 0 saturated heterocycles. The molecule has 1 aliphatic rings. The minimum atomic E-state index is -5.04. The van der Waals surface area contributed by atoms with Crippen molar-refractivity contribution in [1.29, 1.82) is 0 Å². The van der Waals surface area contributed by atoms with Gasteiger partial charge in [-0.05, 0) is 34.9 Å². The first-order valence-electron chi connectivity index (χ1n) is 13.0. The van der Waals surface area contributed by atoms with Gasteiger partial charge in [-0.1, -0.05) is 78.9 Å². The predicted octanol–water partition coefficient (Wildman–Crippen LogP) is 4.41. The summed E-state index contributed by atoms with van der Waals surface area (Å²) in [6.07, 6.45) is -6.16. The number of carboxylic acid groups (broad SMARTS) is 1. The van der Waals surface area contributed by atoms with Crippen molar-refractivity contribution in [2.45, 2.75) is 24.7 Å². The number of rotatable bonds is 11. The fourth-order valence-corrected chi connectivity index (χ4v) is 4.92. The Balaban J connectivity index is 1.34. The summed E-state index contributed by atoms with van der Waals surface area (Å²) in [7, 11) is 1.59. The number of benzene rings is 3. The summed E-state index contributed by atoms with van der Waals surface area (Å²) < 4.78 is 46.6. The number of hydrogen-bond acceptors (Lipinski definition) is 5. The lowest BCUT2D eigenvalue weighted by Crippen LogP contribution is -2.53. The van der Waals surface area contributed by atoms with Crippen molar-refractivity contribution < 1.29 is 37.4 Å². The van der Waals surface area contributed by atoms with Crippen LogP contribution in [0.3, 0.4) is 0 Å². The third kappa shape index (κ3) is 7.43. The monoisotopic (exact) mass is 569 g/mol. The van der Waals surface area contributed by atoms with E-state index in [0.717, 1.165) is 27.8 Å². The number of ether oxygens (including phenoxy) is 1. The Kier molecular flexibility index (Phi) is 9.28. The van der Waals surface area contributed by atoms with Gasteiger partial charge in [-0.3, -0.25) is 9.69 Å². The van der Waals surface area contributed by atoms with Crippen LogP contribution in [0.25, 0.3) is 11.1 Å². The average Bonchev–Trinajstić information content (AvgIpc) is 3.25. The second-order valence-electron chi connectivity index (χ2n) is 9.88. The molecule has 0 aromatic heterocycles. The summed E-state index contributed by atoms with van der Waals surface area (Å²) in [6.45, 7) is -1.14. The number of carbonyl (C=O) groups excluding carboxylic acids is 2. The number of nitrogens with one attached hydrogen (secondary N) is 2. The molecular formula is C30H30F3N3O5. The Morgan fingerprint density at radius 3 is 2.05 bits per heavy atom. The fourth-order valence-electron chi connectivity index (χ4n) is 4.92. The highest BCUT2D eigenvalue weighted by Gasteiger charge is 2.46. The molecule has 0 saturated carbocycles. The van der Waals surface area contributed by atoms with Crippen molar-refractivity contribution in [3.63, 3.8) is 0 Å². The van der Waals surface area contributed by atoms with Crippen LogP contribution in [0.5, 0.6) is 0 Å². The summed E-state index contributed by atoms with van der Waals surface area (Å²) in [5.41, 5.74) is 4.73. The lowest BCUT2D eigenvalue weighted by molar-refractivity contribution is -0.182. The van der Waals surface area contributed by atoms with Gasteiger partial charge in [0.2, 0.25) is 5.91 Å². The molecule has 11 heteroatoms. The summed E-state index contributed by atoms with van der Waals surface area (Å²) >= 11 is 0. The standard InChI is InChI=1S/C30H30F3N3O5/c1-36(16-19-9-3-2-4-10-19)17-26(28(38)39)35-27(37)25(30(31,32)33)15-34-29(40)41-18-24-22-13-7-5-11-20(22)21-12-6-8-14-23(21)24/h2-14,24-26H,15-18H2,1H3,(H,34,40)(H,35,37)(H,38,39). The van der Waals surface area contributed by atoms with E-state index in [1.165, 1.54) is 0 Å². The van der Waals surface area contributed by atoms with Crippen LogP contribution in [-0.4, -0.2) is 66.9 Å². The van der Waals surface area contributed by atoms with Crippen LogP contribution in [-0.2, 0) is 20.9 Å². The largest absolute Gasteiger partial charge is 0.480 e. The van der Waals surface area contributed by atoms with Crippen LogP contribution in [0, 0.1) is 5.92 Å². The predicted molar refractivity (Wildman–Crippen MR) is 145 cm³/mol. The number of nitrogens with zero attached hydrogens (tertiary/aromatic N) is 1. The van der Waals surface area contributed by atoms with Crippen LogP contribution in [0.2, 0.25) is 0 Å². The van der Waals surface area contributed by atoms with Crippen LogP contribution >= 0.6 is 0 Å². The van der Waals surface area contributed by atoms with Gasteiger partial charge in [0.15, 0.2) is 5.92 Å². The van der Waals surface area contributed by atoms with Gasteiger partial charge >= 0.3 is 18.2 Å². The number of aliphatic carboxylic acids is 1. The van der Waals surface area contributed by atoms with Gasteiger partial charge in [0.05, 0.1) is 0 Å². The molecule has 0 bridgehead atoms. The fraction of sp³-hybridized carbons (Fsp3) is 0.300. The lowest BCUT2D eigenvalue weighted by Gasteiger charge is -2.25. The smallest absolute Gasteiger partial charge is 0.407 e. The SMILES string of the molecule is CN(Cc1ccccc1)CC(NC(=O)C(CNC(=O)OCC1c2ccccc2-c2ccccc21)C(F)(F)F)C(=O)O. The van der Waals surface area contributed by atoms with Crippen LogP contribution < -0.4 is 10.6 Å². The molecule has 4 rings (SSSR count). The van der Waals surface area contributed by atoms with Gasteiger partial charge in [-0.25, -0.2) is 9.59 Å². The average molecular weight is 570 g/mol. The number of alkyl halides is 3. The third-order valence-corrected chi connectivity index (χ3v) is 6.91. The van der Waals surface area contributed by atoms with Crippen LogP contribution in [0.1, 0.15) is 22.6 Å². The number of carbonyl (C=O) groups is 3.